The van der Waals surface area contributed by atoms with E-state index in [0.717, 1.165) is 29.1 Å². The number of likely N-dealkylation sites (tertiary alicyclic amines) is 1. The molecule has 3 amide bonds. The molecule has 0 aliphatic carbocycles. The molecule has 0 spiro atoms. The van der Waals surface area contributed by atoms with Crippen LogP contribution < -0.4 is 16.0 Å². The molecule has 13 nitrogen and oxygen atoms in total. The van der Waals surface area contributed by atoms with Gasteiger partial charge in [0.1, 0.15) is 11.2 Å². The molecule has 45 heavy (non-hydrogen) atoms. The Hall–Kier alpha value is -4.04. The number of aromatic nitrogens is 1. The lowest BCUT2D eigenvalue weighted by atomic mass is 10.1. The number of benzene rings is 1. The third-order valence-corrected chi connectivity index (χ3v) is 7.30. The molecule has 0 radical (unpaired) electrons. The quantitative estimate of drug-likeness (QED) is 0.157. The predicted molar refractivity (Wildman–Crippen MR) is 172 cm³/mol. The summed E-state index contributed by atoms with van der Waals surface area (Å²) < 4.78 is 15.5. The molecule has 1 atom stereocenters. The molecule has 1 fully saturated rings. The summed E-state index contributed by atoms with van der Waals surface area (Å²) in [7, 11) is 1.41. The van der Waals surface area contributed by atoms with Crippen LogP contribution in [0, 0.1) is 5.92 Å². The lowest BCUT2D eigenvalue weighted by Crippen LogP contribution is -2.47. The summed E-state index contributed by atoms with van der Waals surface area (Å²) in [6.07, 6.45) is 0.497. The van der Waals surface area contributed by atoms with Gasteiger partial charge in [0.05, 0.1) is 24.4 Å². The number of guanidine groups is 1. The number of nitrogens with zero attached hydrogens (tertiary/aromatic N) is 3. The summed E-state index contributed by atoms with van der Waals surface area (Å²) in [5, 5.41) is 8.28. The highest BCUT2D eigenvalue weighted by Gasteiger charge is 2.30. The number of rotatable bonds is 8. The molecule has 1 aromatic heterocycles. The molecule has 0 bridgehead atoms. The number of nitrogens with one attached hydrogen (secondary N) is 3. The minimum Gasteiger partial charge on any atom is -0.469 e. The Kier molecular flexibility index (Phi) is 12.1. The maximum absolute atomic E-state index is 12.4. The van der Waals surface area contributed by atoms with E-state index in [4.69, 9.17) is 14.2 Å². The number of thiazole rings is 1. The molecule has 1 aromatic carbocycles. The Labute approximate surface area is 268 Å². The molecule has 0 unspecified atom stereocenters. The van der Waals surface area contributed by atoms with Gasteiger partial charge in [0, 0.05) is 24.9 Å². The molecule has 1 aliphatic rings. The van der Waals surface area contributed by atoms with Crippen molar-refractivity contribution in [2.24, 2.45) is 10.9 Å². The van der Waals surface area contributed by atoms with E-state index in [2.05, 4.69) is 30.8 Å². The standard InChI is InChI=1S/C31H44N6O7S/c1-19(38)32-27-34-23(24(45-27)18-37-16-15-21(17-37)25(39)42-8)14-11-20-9-12-22(13-10-20)33-26(35-28(40)43-30(2,3)4)36-29(41)44-31(5,6)7/h9-10,12-13,21H,11,14-18H2,1-8H3,(H,32,34,38)(H2,33,35,36,40,41)/t21-/m1/s1. The van der Waals surface area contributed by atoms with Crippen LogP contribution in [0.25, 0.3) is 0 Å². The molecule has 14 heteroatoms. The van der Waals surface area contributed by atoms with Crippen molar-refractivity contribution in [1.82, 2.24) is 20.5 Å². The van der Waals surface area contributed by atoms with Crippen molar-refractivity contribution in [3.05, 3.63) is 40.4 Å². The maximum atomic E-state index is 12.4. The Bertz CT molecular complexity index is 1360. The zero-order chi connectivity index (χ0) is 33.4. The van der Waals surface area contributed by atoms with Gasteiger partial charge in [-0.25, -0.2) is 19.6 Å². The van der Waals surface area contributed by atoms with Crippen LogP contribution in [0.15, 0.2) is 29.3 Å². The number of hydrogen-bond acceptors (Lipinski definition) is 11. The highest BCUT2D eigenvalue weighted by atomic mass is 32.1. The van der Waals surface area contributed by atoms with E-state index in [9.17, 15) is 19.2 Å². The topological polar surface area (TPSA) is 161 Å². The first kappa shape index (κ1) is 35.4. The van der Waals surface area contributed by atoms with Crippen molar-refractivity contribution in [2.75, 3.05) is 25.5 Å². The smallest absolute Gasteiger partial charge is 0.414 e. The van der Waals surface area contributed by atoms with Gasteiger partial charge in [-0.2, -0.15) is 0 Å². The number of carbonyl (C=O) groups is 4. The number of amides is 3. The SMILES string of the molecule is COC(=O)[C@@H]1CCN(Cc2sc(NC(C)=O)nc2CCc2ccc(N=C(NC(=O)OC(C)(C)C)NC(=O)OC(C)(C)C)cc2)C1. The zero-order valence-corrected chi connectivity index (χ0v) is 28.1. The molecular formula is C31H44N6O7S. The van der Waals surface area contributed by atoms with Crippen LogP contribution in [0.1, 0.15) is 71.0 Å². The number of hydrogen-bond donors (Lipinski definition) is 3. The van der Waals surface area contributed by atoms with Crippen molar-refractivity contribution >= 4 is 52.2 Å². The van der Waals surface area contributed by atoms with Crippen molar-refractivity contribution in [1.29, 1.82) is 0 Å². The fourth-order valence-corrected chi connectivity index (χ4v) is 5.56. The molecule has 1 aliphatic heterocycles. The minimum atomic E-state index is -0.777. The molecular weight excluding hydrogens is 600 g/mol. The van der Waals surface area contributed by atoms with Crippen LogP contribution in [-0.2, 0) is 43.2 Å². The molecule has 3 rings (SSSR count). The van der Waals surface area contributed by atoms with Crippen molar-refractivity contribution in [2.45, 2.75) is 85.5 Å². The van der Waals surface area contributed by atoms with Crippen LogP contribution in [0.3, 0.4) is 0 Å². The third-order valence-electron chi connectivity index (χ3n) is 6.30. The number of esters is 1. The van der Waals surface area contributed by atoms with Gasteiger partial charge < -0.3 is 19.5 Å². The number of ether oxygens (including phenoxy) is 3. The fourth-order valence-electron chi connectivity index (χ4n) is 4.46. The Morgan fingerprint density at radius 1 is 0.978 bits per heavy atom. The van der Waals surface area contributed by atoms with Crippen LogP contribution in [0.5, 0.6) is 0 Å². The number of methoxy groups -OCH3 is 1. The lowest BCUT2D eigenvalue weighted by molar-refractivity contribution is -0.145. The highest BCUT2D eigenvalue weighted by molar-refractivity contribution is 7.15. The van der Waals surface area contributed by atoms with Crippen LogP contribution in [-0.4, -0.2) is 71.3 Å². The number of aryl methyl sites for hydroxylation is 2. The van der Waals surface area contributed by atoms with Gasteiger partial charge in [0.15, 0.2) is 5.13 Å². The Balaban J connectivity index is 1.72. The number of anilines is 1. The summed E-state index contributed by atoms with van der Waals surface area (Å²) in [6.45, 7) is 13.8. The number of aliphatic imine (C=N–C) groups is 1. The van der Waals surface area contributed by atoms with Crippen molar-refractivity contribution < 1.29 is 33.4 Å². The van der Waals surface area contributed by atoms with E-state index in [1.54, 1.807) is 53.7 Å². The fraction of sp³-hybridized carbons (Fsp3) is 0.548. The second-order valence-electron chi connectivity index (χ2n) is 12.7. The first-order valence-electron chi connectivity index (χ1n) is 14.7. The normalized spacial score (nSPS) is 15.2. The van der Waals surface area contributed by atoms with E-state index in [-0.39, 0.29) is 23.8 Å². The van der Waals surface area contributed by atoms with Crippen molar-refractivity contribution in [3.63, 3.8) is 0 Å². The molecule has 0 saturated carbocycles. The first-order valence-corrected chi connectivity index (χ1v) is 15.6. The summed E-state index contributed by atoms with van der Waals surface area (Å²) in [5.74, 6) is -0.657. The highest BCUT2D eigenvalue weighted by Crippen LogP contribution is 2.29. The molecule has 2 heterocycles. The molecule has 2 aromatic rings. The Morgan fingerprint density at radius 2 is 1.58 bits per heavy atom. The van der Waals surface area contributed by atoms with Gasteiger partial charge in [0.25, 0.3) is 0 Å². The van der Waals surface area contributed by atoms with Gasteiger partial charge in [-0.1, -0.05) is 12.1 Å². The second kappa shape index (κ2) is 15.3. The van der Waals surface area contributed by atoms with E-state index < -0.39 is 23.4 Å². The summed E-state index contributed by atoms with van der Waals surface area (Å²) >= 11 is 1.44. The molecule has 1 saturated heterocycles. The van der Waals surface area contributed by atoms with Gasteiger partial charge in [-0.15, -0.1) is 11.3 Å². The van der Waals surface area contributed by atoms with Gasteiger partial charge >= 0.3 is 18.2 Å². The minimum absolute atomic E-state index is 0.137. The largest absolute Gasteiger partial charge is 0.469 e. The number of alkyl carbamates (subject to hydrolysis) is 2. The summed E-state index contributed by atoms with van der Waals surface area (Å²) in [4.78, 5) is 60.8. The van der Waals surface area contributed by atoms with Crippen LogP contribution in [0.2, 0.25) is 0 Å². The Morgan fingerprint density at radius 3 is 2.11 bits per heavy atom. The van der Waals surface area contributed by atoms with Gasteiger partial charge in [0.2, 0.25) is 11.9 Å². The van der Waals surface area contributed by atoms with E-state index >= 15 is 0 Å². The average molecular weight is 645 g/mol. The van der Waals surface area contributed by atoms with E-state index in [1.165, 1.54) is 25.4 Å². The van der Waals surface area contributed by atoms with E-state index in [0.29, 0.717) is 36.8 Å². The average Bonchev–Trinajstić information content (AvgIpc) is 3.52. The van der Waals surface area contributed by atoms with E-state index in [1.807, 2.05) is 12.1 Å². The predicted octanol–water partition coefficient (Wildman–Crippen LogP) is 4.92. The second-order valence-corrected chi connectivity index (χ2v) is 13.8. The number of carbonyl (C=O) groups excluding carboxylic acids is 4. The molecule has 3 N–H and O–H groups in total. The third kappa shape index (κ3) is 12.5. The van der Waals surface area contributed by atoms with Gasteiger partial charge in [-0.05, 0) is 85.0 Å². The zero-order valence-electron chi connectivity index (χ0n) is 27.2. The summed E-state index contributed by atoms with van der Waals surface area (Å²) in [5.41, 5.74) is 0.892. The van der Waals surface area contributed by atoms with Crippen molar-refractivity contribution in [3.8, 4) is 0 Å². The molecule has 246 valence electrons. The first-order chi connectivity index (χ1) is 21.0. The maximum Gasteiger partial charge on any atom is 0.414 e. The van der Waals surface area contributed by atoms with Crippen LogP contribution in [0.4, 0.5) is 20.4 Å². The lowest BCUT2D eigenvalue weighted by Gasteiger charge is -2.22. The monoisotopic (exact) mass is 644 g/mol. The van der Waals surface area contributed by atoms with Crippen LogP contribution >= 0.6 is 11.3 Å². The summed E-state index contributed by atoms with van der Waals surface area (Å²) in [6, 6.07) is 7.34. The van der Waals surface area contributed by atoms with Gasteiger partial charge in [-0.3, -0.25) is 25.1 Å².